The van der Waals surface area contributed by atoms with E-state index in [9.17, 15) is 27.6 Å². The van der Waals surface area contributed by atoms with Crippen LogP contribution in [-0.2, 0) is 26.1 Å². The van der Waals surface area contributed by atoms with Gasteiger partial charge < -0.3 is 5.32 Å². The van der Waals surface area contributed by atoms with Gasteiger partial charge >= 0.3 is 6.18 Å². The number of hydrogen-bond acceptors (Lipinski definition) is 4. The lowest BCUT2D eigenvalue weighted by Crippen LogP contribution is -2.54. The fourth-order valence-electron chi connectivity index (χ4n) is 6.23. The second kappa shape index (κ2) is 6.19. The van der Waals surface area contributed by atoms with E-state index in [1.807, 2.05) is 4.90 Å². The van der Waals surface area contributed by atoms with E-state index in [-0.39, 0.29) is 17.6 Å². The Balaban J connectivity index is 1.52. The van der Waals surface area contributed by atoms with Crippen molar-refractivity contribution < 1.29 is 27.6 Å². The molecule has 3 saturated heterocycles. The quantitative estimate of drug-likeness (QED) is 0.691. The van der Waals surface area contributed by atoms with Crippen molar-refractivity contribution in [1.82, 2.24) is 4.90 Å². The fraction of sp³-hybridized carbons (Fsp3) is 0.348. The highest BCUT2D eigenvalue weighted by molar-refractivity contribution is 6.25. The monoisotopic (exact) mass is 441 g/mol. The maximum atomic E-state index is 13.7. The number of alkyl halides is 3. The molecular weight excluding hydrogens is 423 g/mol. The second-order valence-electron chi connectivity index (χ2n) is 8.73. The summed E-state index contributed by atoms with van der Waals surface area (Å²) >= 11 is 0. The van der Waals surface area contributed by atoms with Crippen LogP contribution in [0.3, 0.4) is 0 Å². The molecule has 4 aliphatic rings. The van der Waals surface area contributed by atoms with Crippen molar-refractivity contribution in [2.24, 2.45) is 11.8 Å². The number of halogens is 3. The molecule has 1 spiro atoms. The van der Waals surface area contributed by atoms with Gasteiger partial charge in [0.05, 0.1) is 23.1 Å². The molecule has 0 radical (unpaired) electrons. The molecular formula is C23H18F3N3O3. The number of para-hydroxylation sites is 1. The van der Waals surface area contributed by atoms with E-state index in [0.717, 1.165) is 23.5 Å². The Kier molecular flexibility index (Phi) is 3.77. The summed E-state index contributed by atoms with van der Waals surface area (Å²) in [6.07, 6.45) is -3.19. The molecule has 4 atom stereocenters. The lowest BCUT2D eigenvalue weighted by Gasteiger charge is -2.36. The van der Waals surface area contributed by atoms with E-state index < -0.39 is 40.9 Å². The van der Waals surface area contributed by atoms with Crippen molar-refractivity contribution in [3.63, 3.8) is 0 Å². The minimum atomic E-state index is -4.61. The van der Waals surface area contributed by atoms with Crippen molar-refractivity contribution in [3.05, 3.63) is 59.7 Å². The second-order valence-corrected chi connectivity index (χ2v) is 8.73. The van der Waals surface area contributed by atoms with E-state index in [1.165, 1.54) is 12.1 Å². The topological polar surface area (TPSA) is 69.7 Å². The molecule has 2 aromatic carbocycles. The first-order valence-corrected chi connectivity index (χ1v) is 10.5. The molecule has 3 amide bonds. The van der Waals surface area contributed by atoms with Gasteiger partial charge in [-0.1, -0.05) is 24.3 Å². The molecule has 6 nitrogen and oxygen atoms in total. The number of imide groups is 1. The molecule has 0 saturated carbocycles. The summed E-state index contributed by atoms with van der Waals surface area (Å²) in [5.41, 5.74) is -1.13. The Morgan fingerprint density at radius 1 is 1.00 bits per heavy atom. The molecule has 1 N–H and O–H groups in total. The lowest BCUT2D eigenvalue weighted by atomic mass is 9.75. The van der Waals surface area contributed by atoms with Crippen molar-refractivity contribution in [2.45, 2.75) is 30.6 Å². The van der Waals surface area contributed by atoms with E-state index >= 15 is 0 Å². The Morgan fingerprint density at radius 2 is 1.78 bits per heavy atom. The van der Waals surface area contributed by atoms with E-state index in [4.69, 9.17) is 0 Å². The van der Waals surface area contributed by atoms with E-state index in [2.05, 4.69) is 5.32 Å². The molecule has 2 aromatic rings. The van der Waals surface area contributed by atoms with Gasteiger partial charge in [0.2, 0.25) is 17.7 Å². The molecule has 4 aliphatic heterocycles. The Morgan fingerprint density at radius 3 is 2.56 bits per heavy atom. The van der Waals surface area contributed by atoms with Crippen LogP contribution < -0.4 is 10.2 Å². The van der Waals surface area contributed by atoms with E-state index in [1.54, 1.807) is 24.3 Å². The molecule has 0 aromatic heterocycles. The van der Waals surface area contributed by atoms with Crippen molar-refractivity contribution in [1.29, 1.82) is 0 Å². The first-order valence-electron chi connectivity index (χ1n) is 10.5. The molecule has 3 fully saturated rings. The summed E-state index contributed by atoms with van der Waals surface area (Å²) in [7, 11) is 0. The first-order chi connectivity index (χ1) is 15.3. The molecule has 6 rings (SSSR count). The van der Waals surface area contributed by atoms with Crippen molar-refractivity contribution in [2.75, 3.05) is 16.8 Å². The third-order valence-electron chi connectivity index (χ3n) is 7.33. The van der Waals surface area contributed by atoms with Crippen LogP contribution in [0.4, 0.5) is 24.5 Å². The van der Waals surface area contributed by atoms with Gasteiger partial charge in [0.1, 0.15) is 5.54 Å². The number of rotatable bonds is 1. The van der Waals surface area contributed by atoms with Crippen LogP contribution in [0.15, 0.2) is 48.5 Å². The lowest BCUT2D eigenvalue weighted by molar-refractivity contribution is -0.137. The number of nitrogens with one attached hydrogen (secondary N) is 1. The Labute approximate surface area is 181 Å². The standard InChI is InChI=1S/C23H18F3N3O3/c24-23(25,26)12-5-3-6-13(11-12)29-19(30)17-16-9-4-10-28(16)22(18(17)20(29)31)14-7-1-2-8-15(14)27-21(22)32/h1-3,5-8,11,16-18H,4,9-10H2,(H,27,32)/t16-,17+,18-,22+/m0/s1. The van der Waals surface area contributed by atoms with Gasteiger partial charge in [-0.2, -0.15) is 13.2 Å². The number of nitrogens with zero attached hydrogens (tertiary/aromatic N) is 2. The van der Waals surface area contributed by atoms with Gasteiger partial charge in [0.25, 0.3) is 0 Å². The zero-order valence-corrected chi connectivity index (χ0v) is 16.7. The van der Waals surface area contributed by atoms with Crippen LogP contribution >= 0.6 is 0 Å². The van der Waals surface area contributed by atoms with Gasteiger partial charge in [0, 0.05) is 17.3 Å². The summed E-state index contributed by atoms with van der Waals surface area (Å²) in [5.74, 6) is -3.29. The maximum Gasteiger partial charge on any atom is 0.416 e. The highest BCUT2D eigenvalue weighted by Gasteiger charge is 2.74. The van der Waals surface area contributed by atoms with Gasteiger partial charge in [-0.25, -0.2) is 4.90 Å². The van der Waals surface area contributed by atoms with Gasteiger partial charge in [-0.05, 0) is 43.7 Å². The van der Waals surface area contributed by atoms with Crippen LogP contribution in [0.25, 0.3) is 0 Å². The zero-order valence-electron chi connectivity index (χ0n) is 16.7. The predicted molar refractivity (Wildman–Crippen MR) is 107 cm³/mol. The third-order valence-corrected chi connectivity index (χ3v) is 7.33. The number of amides is 3. The maximum absolute atomic E-state index is 13.7. The molecule has 164 valence electrons. The number of carbonyl (C=O) groups excluding carboxylic acids is 3. The average Bonchev–Trinajstić information content (AvgIpc) is 3.46. The normalized spacial score (nSPS) is 31.3. The number of benzene rings is 2. The first kappa shape index (κ1) is 19.5. The van der Waals surface area contributed by atoms with Crippen LogP contribution in [-0.4, -0.2) is 35.2 Å². The highest BCUT2D eigenvalue weighted by Crippen LogP contribution is 2.60. The van der Waals surface area contributed by atoms with Crippen molar-refractivity contribution >= 4 is 29.1 Å². The zero-order chi connectivity index (χ0) is 22.4. The summed E-state index contributed by atoms with van der Waals surface area (Å²) < 4.78 is 39.8. The Bertz CT molecular complexity index is 1200. The SMILES string of the molecule is O=C1[C@H]2[C@@H](C(=O)N1c1cccc(C(F)(F)F)c1)[C@]1(C(=O)Nc3ccccc31)N1CCC[C@@H]21. The van der Waals surface area contributed by atoms with Crippen LogP contribution in [0.1, 0.15) is 24.0 Å². The average molecular weight is 441 g/mol. The minimum Gasteiger partial charge on any atom is -0.324 e. The minimum absolute atomic E-state index is 0.115. The predicted octanol–water partition coefficient (Wildman–Crippen LogP) is 3.14. The van der Waals surface area contributed by atoms with Gasteiger partial charge in [-0.15, -0.1) is 0 Å². The van der Waals surface area contributed by atoms with Crippen LogP contribution in [0, 0.1) is 11.8 Å². The molecule has 0 aliphatic carbocycles. The van der Waals surface area contributed by atoms with Crippen LogP contribution in [0.5, 0.6) is 0 Å². The molecule has 32 heavy (non-hydrogen) atoms. The summed E-state index contributed by atoms with van der Waals surface area (Å²) in [6, 6.07) is 11.0. The summed E-state index contributed by atoms with van der Waals surface area (Å²) in [4.78, 5) is 43.5. The van der Waals surface area contributed by atoms with Crippen LogP contribution in [0.2, 0.25) is 0 Å². The molecule has 9 heteroatoms. The summed E-state index contributed by atoms with van der Waals surface area (Å²) in [6.45, 7) is 0.573. The number of anilines is 2. The Hall–Kier alpha value is -3.20. The fourth-order valence-corrected chi connectivity index (χ4v) is 6.23. The number of carbonyl (C=O) groups is 3. The number of hydrogen-bond donors (Lipinski definition) is 1. The molecule has 4 heterocycles. The summed E-state index contributed by atoms with van der Waals surface area (Å²) in [5, 5.41) is 2.86. The van der Waals surface area contributed by atoms with Gasteiger partial charge in [-0.3, -0.25) is 19.3 Å². The van der Waals surface area contributed by atoms with Gasteiger partial charge in [0.15, 0.2) is 0 Å². The van der Waals surface area contributed by atoms with E-state index in [0.29, 0.717) is 24.2 Å². The molecule has 0 bridgehead atoms. The number of fused-ring (bicyclic) bond motifs is 7. The van der Waals surface area contributed by atoms with Crippen molar-refractivity contribution in [3.8, 4) is 0 Å². The molecule has 0 unspecified atom stereocenters. The third kappa shape index (κ3) is 2.21. The highest BCUT2D eigenvalue weighted by atomic mass is 19.4. The smallest absolute Gasteiger partial charge is 0.324 e. The largest absolute Gasteiger partial charge is 0.416 e.